The van der Waals surface area contributed by atoms with Crippen molar-refractivity contribution in [2.75, 3.05) is 19.0 Å². The molecular formula is C13H15N3O2S. The molecule has 2 N–H and O–H groups in total. The van der Waals surface area contributed by atoms with Crippen LogP contribution in [0.25, 0.3) is 10.6 Å². The molecule has 0 aliphatic carbocycles. The SMILES string of the molecule is CN(C)c1ccc(-c2ncc(COC(N)=O)s2)cc1. The number of hydrogen-bond donors (Lipinski definition) is 1. The summed E-state index contributed by atoms with van der Waals surface area (Å²) in [5.74, 6) is 0. The van der Waals surface area contributed by atoms with Crippen LogP contribution < -0.4 is 10.6 Å². The number of anilines is 1. The Balaban J connectivity index is 2.11. The van der Waals surface area contributed by atoms with Crippen molar-refractivity contribution in [1.82, 2.24) is 4.98 Å². The number of aromatic nitrogens is 1. The highest BCUT2D eigenvalue weighted by atomic mass is 32.1. The molecule has 0 spiro atoms. The van der Waals surface area contributed by atoms with Crippen molar-refractivity contribution in [1.29, 1.82) is 0 Å². The number of hydrogen-bond acceptors (Lipinski definition) is 5. The van der Waals surface area contributed by atoms with Crippen molar-refractivity contribution in [3.63, 3.8) is 0 Å². The Morgan fingerprint density at radius 2 is 2.05 bits per heavy atom. The molecule has 2 aromatic rings. The number of thiazole rings is 1. The Hall–Kier alpha value is -2.08. The third-order valence-corrected chi connectivity index (χ3v) is 3.56. The molecule has 0 saturated carbocycles. The number of primary amides is 1. The van der Waals surface area contributed by atoms with E-state index < -0.39 is 6.09 Å². The lowest BCUT2D eigenvalue weighted by molar-refractivity contribution is 0.151. The van der Waals surface area contributed by atoms with Gasteiger partial charge in [-0.05, 0) is 24.3 Å². The van der Waals surface area contributed by atoms with E-state index in [-0.39, 0.29) is 6.61 Å². The van der Waals surface area contributed by atoms with Gasteiger partial charge in [-0.25, -0.2) is 9.78 Å². The summed E-state index contributed by atoms with van der Waals surface area (Å²) in [5, 5.41) is 0.897. The van der Waals surface area contributed by atoms with Crippen LogP contribution in [-0.2, 0) is 11.3 Å². The summed E-state index contributed by atoms with van der Waals surface area (Å²) in [6.45, 7) is 0.169. The summed E-state index contributed by atoms with van der Waals surface area (Å²) in [6.07, 6.45) is 0.924. The lowest BCUT2D eigenvalue weighted by atomic mass is 10.2. The molecule has 0 aliphatic rings. The van der Waals surface area contributed by atoms with Gasteiger partial charge in [0.2, 0.25) is 0 Å². The van der Waals surface area contributed by atoms with Crippen LogP contribution in [0.3, 0.4) is 0 Å². The topological polar surface area (TPSA) is 68.5 Å². The maximum Gasteiger partial charge on any atom is 0.404 e. The van der Waals surface area contributed by atoms with Gasteiger partial charge in [0.05, 0.1) is 4.88 Å². The first-order valence-electron chi connectivity index (χ1n) is 5.71. The van der Waals surface area contributed by atoms with Crippen LogP contribution in [0.5, 0.6) is 0 Å². The first kappa shape index (κ1) is 13.4. The molecule has 1 amide bonds. The lowest BCUT2D eigenvalue weighted by Gasteiger charge is -2.11. The van der Waals surface area contributed by atoms with Gasteiger partial charge in [-0.3, -0.25) is 0 Å². The second-order valence-electron chi connectivity index (χ2n) is 4.18. The molecule has 6 heteroatoms. The van der Waals surface area contributed by atoms with E-state index in [9.17, 15) is 4.79 Å². The highest BCUT2D eigenvalue weighted by Crippen LogP contribution is 2.27. The van der Waals surface area contributed by atoms with Crippen molar-refractivity contribution in [2.24, 2.45) is 5.73 Å². The minimum atomic E-state index is -0.773. The zero-order valence-corrected chi connectivity index (χ0v) is 11.6. The molecule has 0 bridgehead atoms. The second kappa shape index (κ2) is 5.71. The van der Waals surface area contributed by atoms with E-state index in [1.165, 1.54) is 11.3 Å². The molecular weight excluding hydrogens is 262 g/mol. The Kier molecular flexibility index (Phi) is 4.01. The van der Waals surface area contributed by atoms with Gasteiger partial charge in [0.15, 0.2) is 0 Å². The number of carbonyl (C=O) groups excluding carboxylic acids is 1. The first-order chi connectivity index (χ1) is 9.06. The van der Waals surface area contributed by atoms with E-state index in [0.717, 1.165) is 21.1 Å². The summed E-state index contributed by atoms with van der Waals surface area (Å²) in [7, 11) is 4.00. The van der Waals surface area contributed by atoms with Gasteiger partial charge in [-0.15, -0.1) is 11.3 Å². The molecule has 1 heterocycles. The molecule has 1 aromatic heterocycles. The van der Waals surface area contributed by atoms with E-state index in [2.05, 4.69) is 4.98 Å². The standard InChI is InChI=1S/C13H15N3O2S/c1-16(2)10-5-3-9(4-6-10)12-15-7-11(19-12)8-18-13(14)17/h3-7H,8H2,1-2H3,(H2,14,17). The predicted molar refractivity (Wildman–Crippen MR) is 76.2 cm³/mol. The Labute approximate surface area is 115 Å². The van der Waals surface area contributed by atoms with Gasteiger partial charge >= 0.3 is 6.09 Å². The summed E-state index contributed by atoms with van der Waals surface area (Å²) < 4.78 is 4.73. The zero-order valence-electron chi connectivity index (χ0n) is 10.8. The molecule has 19 heavy (non-hydrogen) atoms. The predicted octanol–water partition coefficient (Wildman–Crippen LogP) is 2.47. The molecule has 0 aliphatic heterocycles. The molecule has 1 aromatic carbocycles. The van der Waals surface area contributed by atoms with E-state index >= 15 is 0 Å². The van der Waals surface area contributed by atoms with Crippen LogP contribution in [0.1, 0.15) is 4.88 Å². The van der Waals surface area contributed by atoms with Crippen molar-refractivity contribution in [3.8, 4) is 10.6 Å². The lowest BCUT2D eigenvalue weighted by Crippen LogP contribution is -2.12. The van der Waals surface area contributed by atoms with E-state index in [1.54, 1.807) is 6.20 Å². The Bertz CT molecular complexity index is 564. The van der Waals surface area contributed by atoms with Crippen LogP contribution in [-0.4, -0.2) is 25.2 Å². The number of nitrogens with two attached hydrogens (primary N) is 1. The van der Waals surface area contributed by atoms with Gasteiger partial charge in [0, 0.05) is 31.5 Å². The molecule has 0 unspecified atom stereocenters. The van der Waals surface area contributed by atoms with Crippen molar-refractivity contribution < 1.29 is 9.53 Å². The van der Waals surface area contributed by atoms with Crippen LogP contribution in [0.15, 0.2) is 30.5 Å². The molecule has 2 rings (SSSR count). The summed E-state index contributed by atoms with van der Waals surface area (Å²) in [6, 6.07) is 8.12. The average Bonchev–Trinajstić information content (AvgIpc) is 2.85. The summed E-state index contributed by atoms with van der Waals surface area (Å²) in [5.41, 5.74) is 7.10. The molecule has 0 radical (unpaired) electrons. The second-order valence-corrected chi connectivity index (χ2v) is 5.30. The number of rotatable bonds is 4. The first-order valence-corrected chi connectivity index (χ1v) is 6.52. The monoisotopic (exact) mass is 277 g/mol. The fraction of sp³-hybridized carbons (Fsp3) is 0.231. The zero-order chi connectivity index (χ0) is 13.8. The third kappa shape index (κ3) is 3.45. The summed E-state index contributed by atoms with van der Waals surface area (Å²) in [4.78, 5) is 17.7. The fourth-order valence-corrected chi connectivity index (χ4v) is 2.38. The molecule has 0 saturated heterocycles. The van der Waals surface area contributed by atoms with Crippen molar-refractivity contribution >= 4 is 23.1 Å². The minimum absolute atomic E-state index is 0.169. The Morgan fingerprint density at radius 1 is 1.37 bits per heavy atom. The number of amides is 1. The number of benzene rings is 1. The maximum atomic E-state index is 10.5. The Morgan fingerprint density at radius 3 is 2.63 bits per heavy atom. The van der Waals surface area contributed by atoms with Crippen LogP contribution in [0.2, 0.25) is 0 Å². The number of carbonyl (C=O) groups is 1. The van der Waals surface area contributed by atoms with Crippen molar-refractivity contribution in [2.45, 2.75) is 6.61 Å². The van der Waals surface area contributed by atoms with E-state index in [1.807, 2.05) is 43.3 Å². The quantitative estimate of drug-likeness (QED) is 0.932. The normalized spacial score (nSPS) is 10.2. The molecule has 0 atom stereocenters. The summed E-state index contributed by atoms with van der Waals surface area (Å²) >= 11 is 1.48. The fourth-order valence-electron chi connectivity index (χ4n) is 1.55. The van der Waals surface area contributed by atoms with E-state index in [4.69, 9.17) is 10.5 Å². The van der Waals surface area contributed by atoms with Crippen LogP contribution in [0, 0.1) is 0 Å². The minimum Gasteiger partial charge on any atom is -0.444 e. The van der Waals surface area contributed by atoms with Crippen molar-refractivity contribution in [3.05, 3.63) is 35.3 Å². The van der Waals surface area contributed by atoms with Gasteiger partial charge in [0.25, 0.3) is 0 Å². The van der Waals surface area contributed by atoms with Gasteiger partial charge in [-0.1, -0.05) is 0 Å². The van der Waals surface area contributed by atoms with Gasteiger partial charge < -0.3 is 15.4 Å². The van der Waals surface area contributed by atoms with Crippen LogP contribution >= 0.6 is 11.3 Å². The smallest absolute Gasteiger partial charge is 0.404 e. The molecule has 5 nitrogen and oxygen atoms in total. The highest BCUT2D eigenvalue weighted by molar-refractivity contribution is 7.15. The molecule has 100 valence electrons. The highest BCUT2D eigenvalue weighted by Gasteiger charge is 2.06. The number of nitrogens with zero attached hydrogens (tertiary/aromatic N) is 2. The largest absolute Gasteiger partial charge is 0.444 e. The van der Waals surface area contributed by atoms with Gasteiger partial charge in [0.1, 0.15) is 11.6 Å². The third-order valence-electron chi connectivity index (χ3n) is 2.54. The van der Waals surface area contributed by atoms with Gasteiger partial charge in [-0.2, -0.15) is 0 Å². The number of ether oxygens (including phenoxy) is 1. The molecule has 0 fully saturated rings. The van der Waals surface area contributed by atoms with Crippen LogP contribution in [0.4, 0.5) is 10.5 Å². The maximum absolute atomic E-state index is 10.5. The average molecular weight is 277 g/mol. The van der Waals surface area contributed by atoms with E-state index in [0.29, 0.717) is 0 Å².